The zero-order chi connectivity index (χ0) is 15.3. The van der Waals surface area contributed by atoms with Gasteiger partial charge in [0.05, 0.1) is 22.5 Å². The van der Waals surface area contributed by atoms with E-state index in [0.29, 0.717) is 18.8 Å². The molecule has 0 spiro atoms. The number of nitro benzene ring substituents is 1. The minimum absolute atomic E-state index is 0.134. The summed E-state index contributed by atoms with van der Waals surface area (Å²) in [6, 6.07) is 5.85. The average Bonchev–Trinajstić information content (AvgIpc) is 2.43. The van der Waals surface area contributed by atoms with Gasteiger partial charge in [-0.2, -0.15) is 5.26 Å². The van der Waals surface area contributed by atoms with E-state index >= 15 is 0 Å². The van der Waals surface area contributed by atoms with Gasteiger partial charge < -0.3 is 10.0 Å². The van der Waals surface area contributed by atoms with E-state index in [0.717, 1.165) is 6.07 Å². The monoisotopic (exact) mass is 277 g/mol. The molecule has 0 saturated carbocycles. The Kier molecular flexibility index (Phi) is 5.03. The first-order valence-corrected chi connectivity index (χ1v) is 6.07. The number of anilines is 1. The van der Waals surface area contributed by atoms with Crippen molar-refractivity contribution in [3.8, 4) is 6.07 Å². The van der Waals surface area contributed by atoms with Crippen LogP contribution in [0.1, 0.15) is 24.2 Å². The van der Waals surface area contributed by atoms with Gasteiger partial charge >= 0.3 is 5.97 Å². The normalized spacial score (nSPS) is 11.4. The smallest absolute Gasteiger partial charge is 0.335 e. The maximum Gasteiger partial charge on any atom is 0.335 e. The zero-order valence-corrected chi connectivity index (χ0v) is 11.2. The fourth-order valence-corrected chi connectivity index (χ4v) is 1.84. The Morgan fingerprint density at radius 1 is 1.60 bits per heavy atom. The minimum atomic E-state index is -1.21. The van der Waals surface area contributed by atoms with Crippen LogP contribution in [-0.4, -0.2) is 29.1 Å². The lowest BCUT2D eigenvalue weighted by molar-refractivity contribution is -0.384. The largest absolute Gasteiger partial charge is 0.478 e. The fourth-order valence-electron chi connectivity index (χ4n) is 1.84. The van der Waals surface area contributed by atoms with E-state index in [2.05, 4.69) is 6.07 Å². The molecule has 0 aromatic heterocycles. The summed E-state index contributed by atoms with van der Waals surface area (Å²) >= 11 is 0. The number of nitrogens with zero attached hydrogens (tertiary/aromatic N) is 3. The van der Waals surface area contributed by atoms with Gasteiger partial charge in [0, 0.05) is 19.2 Å². The molecule has 0 radical (unpaired) electrons. The third-order valence-electron chi connectivity index (χ3n) is 2.86. The van der Waals surface area contributed by atoms with Crippen molar-refractivity contribution in [1.82, 2.24) is 0 Å². The van der Waals surface area contributed by atoms with Gasteiger partial charge in [-0.25, -0.2) is 4.79 Å². The molecule has 20 heavy (non-hydrogen) atoms. The summed E-state index contributed by atoms with van der Waals surface area (Å²) in [7, 11) is 0. The van der Waals surface area contributed by atoms with Crippen LogP contribution in [0.5, 0.6) is 0 Å². The van der Waals surface area contributed by atoms with Crippen LogP contribution in [0, 0.1) is 27.4 Å². The standard InChI is InChI=1S/C13H15N3O4/c1-3-15(8-9(2)7-14)11-5-4-10(13(17)18)6-12(11)16(19)20/h4-6,9H,3,8H2,1-2H3,(H,17,18). The van der Waals surface area contributed by atoms with Gasteiger partial charge in [-0.1, -0.05) is 0 Å². The van der Waals surface area contributed by atoms with Gasteiger partial charge in [-0.05, 0) is 26.0 Å². The summed E-state index contributed by atoms with van der Waals surface area (Å²) in [6.45, 7) is 4.37. The molecule has 1 unspecified atom stereocenters. The number of hydrogen-bond donors (Lipinski definition) is 1. The Balaban J connectivity index is 3.25. The number of nitriles is 1. The maximum atomic E-state index is 11.1. The van der Waals surface area contributed by atoms with Crippen molar-refractivity contribution >= 4 is 17.3 Å². The quantitative estimate of drug-likeness (QED) is 0.631. The first-order valence-electron chi connectivity index (χ1n) is 6.07. The number of nitro groups is 1. The highest BCUT2D eigenvalue weighted by Gasteiger charge is 2.22. The molecule has 1 rings (SSSR count). The molecule has 1 atom stereocenters. The van der Waals surface area contributed by atoms with Crippen molar-refractivity contribution < 1.29 is 14.8 Å². The van der Waals surface area contributed by atoms with E-state index in [1.807, 2.05) is 6.92 Å². The minimum Gasteiger partial charge on any atom is -0.478 e. The number of rotatable bonds is 6. The van der Waals surface area contributed by atoms with Crippen molar-refractivity contribution in [2.75, 3.05) is 18.0 Å². The predicted molar refractivity (Wildman–Crippen MR) is 72.7 cm³/mol. The van der Waals surface area contributed by atoms with Crippen molar-refractivity contribution in [3.63, 3.8) is 0 Å². The highest BCUT2D eigenvalue weighted by molar-refractivity contribution is 5.89. The Morgan fingerprint density at radius 2 is 2.25 bits per heavy atom. The second-order valence-corrected chi connectivity index (χ2v) is 4.33. The molecule has 0 heterocycles. The Morgan fingerprint density at radius 3 is 2.70 bits per heavy atom. The average molecular weight is 277 g/mol. The molecule has 7 nitrogen and oxygen atoms in total. The van der Waals surface area contributed by atoms with Crippen LogP contribution in [0.2, 0.25) is 0 Å². The molecule has 0 aliphatic heterocycles. The summed E-state index contributed by atoms with van der Waals surface area (Å²) in [5, 5.41) is 28.8. The SMILES string of the molecule is CCN(CC(C)C#N)c1ccc(C(=O)O)cc1[N+](=O)[O-]. The lowest BCUT2D eigenvalue weighted by Gasteiger charge is -2.23. The van der Waals surface area contributed by atoms with Crippen LogP contribution in [0.3, 0.4) is 0 Å². The van der Waals surface area contributed by atoms with Gasteiger partial charge in [0.15, 0.2) is 0 Å². The molecule has 0 saturated heterocycles. The fraction of sp³-hybridized carbons (Fsp3) is 0.385. The Bertz CT molecular complexity index is 565. The van der Waals surface area contributed by atoms with E-state index in [1.165, 1.54) is 12.1 Å². The molecule has 0 aliphatic rings. The molecule has 0 aliphatic carbocycles. The molecule has 1 N–H and O–H groups in total. The zero-order valence-electron chi connectivity index (χ0n) is 11.2. The number of carboxylic acid groups (broad SMARTS) is 1. The predicted octanol–water partition coefficient (Wildman–Crippen LogP) is 2.28. The van der Waals surface area contributed by atoms with E-state index < -0.39 is 10.9 Å². The number of benzene rings is 1. The van der Waals surface area contributed by atoms with Gasteiger partial charge in [0.25, 0.3) is 5.69 Å². The van der Waals surface area contributed by atoms with Crippen LogP contribution in [-0.2, 0) is 0 Å². The summed E-state index contributed by atoms with van der Waals surface area (Å²) in [6.07, 6.45) is 0. The van der Waals surface area contributed by atoms with E-state index in [1.54, 1.807) is 11.8 Å². The topological polar surface area (TPSA) is 107 Å². The summed E-state index contributed by atoms with van der Waals surface area (Å²) in [5.74, 6) is -1.50. The van der Waals surface area contributed by atoms with Crippen LogP contribution in [0.15, 0.2) is 18.2 Å². The second-order valence-electron chi connectivity index (χ2n) is 4.33. The maximum absolute atomic E-state index is 11.1. The van der Waals surface area contributed by atoms with E-state index in [9.17, 15) is 14.9 Å². The van der Waals surface area contributed by atoms with Gasteiger partial charge in [-0.15, -0.1) is 0 Å². The lowest BCUT2D eigenvalue weighted by atomic mass is 10.1. The Labute approximate surface area is 116 Å². The number of carbonyl (C=O) groups is 1. The number of aromatic carboxylic acids is 1. The van der Waals surface area contributed by atoms with Gasteiger partial charge in [0.2, 0.25) is 0 Å². The van der Waals surface area contributed by atoms with E-state index in [-0.39, 0.29) is 17.2 Å². The van der Waals surface area contributed by atoms with Crippen molar-refractivity contribution in [3.05, 3.63) is 33.9 Å². The number of carboxylic acids is 1. The second kappa shape index (κ2) is 6.52. The number of hydrogen-bond acceptors (Lipinski definition) is 5. The molecular formula is C13H15N3O4. The van der Waals surface area contributed by atoms with Crippen LogP contribution >= 0.6 is 0 Å². The summed E-state index contributed by atoms with van der Waals surface area (Å²) < 4.78 is 0. The molecule has 0 fully saturated rings. The molecule has 7 heteroatoms. The molecular weight excluding hydrogens is 262 g/mol. The van der Waals surface area contributed by atoms with E-state index in [4.69, 9.17) is 10.4 Å². The summed E-state index contributed by atoms with van der Waals surface area (Å²) in [4.78, 5) is 23.0. The summed E-state index contributed by atoms with van der Waals surface area (Å²) in [5.41, 5.74) is -0.0775. The lowest BCUT2D eigenvalue weighted by Crippen LogP contribution is -2.28. The molecule has 1 aromatic carbocycles. The third kappa shape index (κ3) is 3.45. The van der Waals surface area contributed by atoms with Crippen LogP contribution < -0.4 is 4.90 Å². The third-order valence-corrected chi connectivity index (χ3v) is 2.86. The van der Waals surface area contributed by atoms with Crippen molar-refractivity contribution in [2.24, 2.45) is 5.92 Å². The van der Waals surface area contributed by atoms with Crippen molar-refractivity contribution in [1.29, 1.82) is 5.26 Å². The van der Waals surface area contributed by atoms with Gasteiger partial charge in [0.1, 0.15) is 5.69 Å². The van der Waals surface area contributed by atoms with Crippen molar-refractivity contribution in [2.45, 2.75) is 13.8 Å². The molecule has 1 aromatic rings. The Hall–Kier alpha value is -2.62. The molecule has 106 valence electrons. The first kappa shape index (κ1) is 15.4. The highest BCUT2D eigenvalue weighted by atomic mass is 16.6. The van der Waals surface area contributed by atoms with Crippen LogP contribution in [0.25, 0.3) is 0 Å². The molecule has 0 bridgehead atoms. The van der Waals surface area contributed by atoms with Gasteiger partial charge in [-0.3, -0.25) is 10.1 Å². The highest BCUT2D eigenvalue weighted by Crippen LogP contribution is 2.29. The molecule has 0 amide bonds. The van der Waals surface area contributed by atoms with Crippen LogP contribution in [0.4, 0.5) is 11.4 Å². The first-order chi connectivity index (χ1) is 9.40.